The molecule has 0 spiro atoms. The summed E-state index contributed by atoms with van der Waals surface area (Å²) in [5, 5.41) is 6.81. The standard InChI is InChI=1S/C15H17N3O4/c1-10(19)16-14-8-13(15(20)22-3)17-18(14)9-11-4-6-12(21-2)7-5-11/h4-8H,9H2,1-3H3,(H,16,19). The smallest absolute Gasteiger partial charge is 0.358 e. The summed E-state index contributed by atoms with van der Waals surface area (Å²) in [6.45, 7) is 1.79. The quantitative estimate of drug-likeness (QED) is 0.850. The number of anilines is 1. The monoisotopic (exact) mass is 303 g/mol. The van der Waals surface area contributed by atoms with Crippen LogP contribution in [0, 0.1) is 0 Å². The van der Waals surface area contributed by atoms with E-state index >= 15 is 0 Å². The number of hydrogen-bond acceptors (Lipinski definition) is 5. The minimum absolute atomic E-state index is 0.139. The molecular formula is C15H17N3O4. The van der Waals surface area contributed by atoms with Gasteiger partial charge >= 0.3 is 5.97 Å². The first-order chi connectivity index (χ1) is 10.5. The van der Waals surface area contributed by atoms with Crippen LogP contribution in [0.1, 0.15) is 23.0 Å². The maximum Gasteiger partial charge on any atom is 0.358 e. The van der Waals surface area contributed by atoms with Crippen LogP contribution in [0.3, 0.4) is 0 Å². The third-order valence-electron chi connectivity index (χ3n) is 2.97. The Morgan fingerprint density at radius 2 is 1.91 bits per heavy atom. The normalized spacial score (nSPS) is 10.1. The van der Waals surface area contributed by atoms with Crippen molar-refractivity contribution in [3.8, 4) is 5.75 Å². The molecule has 0 saturated heterocycles. The molecule has 22 heavy (non-hydrogen) atoms. The lowest BCUT2D eigenvalue weighted by Crippen LogP contribution is -2.13. The minimum atomic E-state index is -0.555. The van der Waals surface area contributed by atoms with E-state index in [1.807, 2.05) is 24.3 Å². The summed E-state index contributed by atoms with van der Waals surface area (Å²) in [5.41, 5.74) is 1.09. The van der Waals surface area contributed by atoms with Crippen LogP contribution >= 0.6 is 0 Å². The molecule has 116 valence electrons. The fraction of sp³-hybridized carbons (Fsp3) is 0.267. The number of ether oxygens (including phenoxy) is 2. The SMILES string of the molecule is COC(=O)c1cc(NC(C)=O)n(Cc2ccc(OC)cc2)n1. The minimum Gasteiger partial charge on any atom is -0.497 e. The zero-order valence-electron chi connectivity index (χ0n) is 12.6. The van der Waals surface area contributed by atoms with Gasteiger partial charge in [-0.15, -0.1) is 0 Å². The molecule has 0 bridgehead atoms. The number of rotatable bonds is 5. The van der Waals surface area contributed by atoms with Crippen LogP contribution in [0.4, 0.5) is 5.82 Å². The number of hydrogen-bond donors (Lipinski definition) is 1. The van der Waals surface area contributed by atoms with Gasteiger partial charge in [0.15, 0.2) is 5.69 Å². The van der Waals surface area contributed by atoms with Crippen LogP contribution in [-0.4, -0.2) is 35.9 Å². The Hall–Kier alpha value is -2.83. The van der Waals surface area contributed by atoms with Gasteiger partial charge in [0, 0.05) is 13.0 Å². The second-order valence-electron chi connectivity index (χ2n) is 4.59. The molecular weight excluding hydrogens is 286 g/mol. The number of esters is 1. The molecule has 0 aliphatic heterocycles. The summed E-state index contributed by atoms with van der Waals surface area (Å²) >= 11 is 0. The van der Waals surface area contributed by atoms with Gasteiger partial charge in [0.1, 0.15) is 11.6 Å². The fourth-order valence-corrected chi connectivity index (χ4v) is 1.93. The molecule has 1 N–H and O–H groups in total. The number of methoxy groups -OCH3 is 2. The van der Waals surface area contributed by atoms with Crippen LogP contribution in [0.5, 0.6) is 5.75 Å². The van der Waals surface area contributed by atoms with E-state index in [0.717, 1.165) is 11.3 Å². The number of benzene rings is 1. The Kier molecular flexibility index (Phi) is 4.77. The summed E-state index contributed by atoms with van der Waals surface area (Å²) in [6.07, 6.45) is 0. The van der Waals surface area contributed by atoms with Gasteiger partial charge in [-0.2, -0.15) is 5.10 Å². The first kappa shape index (κ1) is 15.6. The molecule has 0 fully saturated rings. The van der Waals surface area contributed by atoms with Crippen molar-refractivity contribution in [1.82, 2.24) is 9.78 Å². The van der Waals surface area contributed by atoms with Crippen molar-refractivity contribution in [2.45, 2.75) is 13.5 Å². The summed E-state index contributed by atoms with van der Waals surface area (Å²) in [6, 6.07) is 8.92. The van der Waals surface area contributed by atoms with Crippen molar-refractivity contribution < 1.29 is 19.1 Å². The maximum atomic E-state index is 11.6. The molecule has 2 rings (SSSR count). The lowest BCUT2D eigenvalue weighted by atomic mass is 10.2. The van der Waals surface area contributed by atoms with E-state index in [0.29, 0.717) is 12.4 Å². The Balaban J connectivity index is 2.28. The Bertz CT molecular complexity index is 677. The first-order valence-corrected chi connectivity index (χ1v) is 6.60. The number of carbonyl (C=O) groups excluding carboxylic acids is 2. The Labute approximate surface area is 127 Å². The predicted octanol–water partition coefficient (Wildman–Crippen LogP) is 1.68. The molecule has 0 aliphatic rings. The highest BCUT2D eigenvalue weighted by molar-refractivity contribution is 5.91. The lowest BCUT2D eigenvalue weighted by Gasteiger charge is -2.08. The highest BCUT2D eigenvalue weighted by atomic mass is 16.5. The van der Waals surface area contributed by atoms with Gasteiger partial charge in [-0.1, -0.05) is 12.1 Å². The van der Waals surface area contributed by atoms with Crippen molar-refractivity contribution in [1.29, 1.82) is 0 Å². The van der Waals surface area contributed by atoms with Gasteiger partial charge in [-0.05, 0) is 17.7 Å². The van der Waals surface area contributed by atoms with E-state index in [2.05, 4.69) is 15.2 Å². The average Bonchev–Trinajstić information content (AvgIpc) is 2.89. The lowest BCUT2D eigenvalue weighted by molar-refractivity contribution is -0.114. The van der Waals surface area contributed by atoms with Crippen molar-refractivity contribution in [2.24, 2.45) is 0 Å². The fourth-order valence-electron chi connectivity index (χ4n) is 1.93. The number of carbonyl (C=O) groups is 2. The number of nitrogens with one attached hydrogen (secondary N) is 1. The van der Waals surface area contributed by atoms with Crippen molar-refractivity contribution in [2.75, 3.05) is 19.5 Å². The molecule has 7 nitrogen and oxygen atoms in total. The molecule has 0 unspecified atom stereocenters. The largest absolute Gasteiger partial charge is 0.497 e. The van der Waals surface area contributed by atoms with Gasteiger partial charge in [-0.25, -0.2) is 9.48 Å². The highest BCUT2D eigenvalue weighted by Gasteiger charge is 2.15. The van der Waals surface area contributed by atoms with Crippen molar-refractivity contribution in [3.63, 3.8) is 0 Å². The van der Waals surface area contributed by atoms with E-state index in [4.69, 9.17) is 4.74 Å². The summed E-state index contributed by atoms with van der Waals surface area (Å²) in [4.78, 5) is 22.8. The van der Waals surface area contributed by atoms with Crippen LogP contribution in [-0.2, 0) is 16.1 Å². The maximum absolute atomic E-state index is 11.6. The Morgan fingerprint density at radius 1 is 1.23 bits per heavy atom. The Morgan fingerprint density at radius 3 is 2.45 bits per heavy atom. The van der Waals surface area contributed by atoms with Crippen molar-refractivity contribution in [3.05, 3.63) is 41.6 Å². The molecule has 0 atom stereocenters. The molecule has 7 heteroatoms. The van der Waals surface area contributed by atoms with Crippen LogP contribution in [0.25, 0.3) is 0 Å². The molecule has 1 heterocycles. The third kappa shape index (κ3) is 3.63. The highest BCUT2D eigenvalue weighted by Crippen LogP contribution is 2.16. The van der Waals surface area contributed by atoms with Crippen LogP contribution < -0.4 is 10.1 Å². The number of nitrogens with zero attached hydrogens (tertiary/aromatic N) is 2. The van der Waals surface area contributed by atoms with Gasteiger partial charge in [-0.3, -0.25) is 4.79 Å². The molecule has 1 aromatic heterocycles. The van der Waals surface area contributed by atoms with Crippen LogP contribution in [0.2, 0.25) is 0 Å². The second kappa shape index (κ2) is 6.75. The molecule has 1 amide bonds. The van der Waals surface area contributed by atoms with Crippen LogP contribution in [0.15, 0.2) is 30.3 Å². The van der Waals surface area contributed by atoms with E-state index < -0.39 is 5.97 Å². The van der Waals surface area contributed by atoms with E-state index in [-0.39, 0.29) is 11.6 Å². The summed E-state index contributed by atoms with van der Waals surface area (Å²) in [5.74, 6) is 0.387. The zero-order valence-corrected chi connectivity index (χ0v) is 12.6. The molecule has 0 radical (unpaired) electrons. The van der Waals surface area contributed by atoms with Gasteiger partial charge in [0.05, 0.1) is 20.8 Å². The number of aromatic nitrogens is 2. The van der Waals surface area contributed by atoms with E-state index in [1.54, 1.807) is 7.11 Å². The predicted molar refractivity (Wildman–Crippen MR) is 80.0 cm³/mol. The average molecular weight is 303 g/mol. The third-order valence-corrected chi connectivity index (χ3v) is 2.97. The van der Waals surface area contributed by atoms with Crippen molar-refractivity contribution >= 4 is 17.7 Å². The molecule has 1 aromatic carbocycles. The molecule has 0 aliphatic carbocycles. The van der Waals surface area contributed by atoms with Gasteiger partial charge in [0.25, 0.3) is 0 Å². The number of amides is 1. The summed E-state index contributed by atoms with van der Waals surface area (Å²) < 4.78 is 11.3. The van der Waals surface area contributed by atoms with Gasteiger partial charge in [0.2, 0.25) is 5.91 Å². The van der Waals surface area contributed by atoms with E-state index in [1.165, 1.54) is 24.8 Å². The zero-order chi connectivity index (χ0) is 16.1. The molecule has 2 aromatic rings. The van der Waals surface area contributed by atoms with Gasteiger partial charge < -0.3 is 14.8 Å². The second-order valence-corrected chi connectivity index (χ2v) is 4.59. The van der Waals surface area contributed by atoms with E-state index in [9.17, 15) is 9.59 Å². The summed E-state index contributed by atoms with van der Waals surface area (Å²) in [7, 11) is 2.88. The topological polar surface area (TPSA) is 82.5 Å². The molecule has 0 saturated carbocycles. The first-order valence-electron chi connectivity index (χ1n) is 6.60.